The van der Waals surface area contributed by atoms with Crippen molar-refractivity contribution in [2.45, 2.75) is 6.18 Å². The summed E-state index contributed by atoms with van der Waals surface area (Å²) in [5.74, 6) is -1.30. The number of aromatic amines is 1. The largest absolute Gasteiger partial charge is 0.503 e. The second-order valence-corrected chi connectivity index (χ2v) is 2.06. The van der Waals surface area contributed by atoms with Crippen LogP contribution in [-0.2, 0) is 6.18 Å². The van der Waals surface area contributed by atoms with Gasteiger partial charge in [0.25, 0.3) is 0 Å². The Kier molecular flexibility index (Phi) is 1.83. The highest BCUT2D eigenvalue weighted by Crippen LogP contribution is 2.31. The number of hydrogen-bond acceptors (Lipinski definition) is 2. The topological polar surface area (TPSA) is 53.1 Å². The lowest BCUT2D eigenvalue weighted by molar-refractivity contribution is -0.142. The van der Waals surface area contributed by atoms with E-state index in [0.717, 1.165) is 12.3 Å². The highest BCUT2D eigenvalue weighted by molar-refractivity contribution is 5.27. The van der Waals surface area contributed by atoms with Crippen molar-refractivity contribution in [3.63, 3.8) is 0 Å². The predicted molar refractivity (Wildman–Crippen MR) is 33.7 cm³/mol. The highest BCUT2D eigenvalue weighted by Gasteiger charge is 2.35. The van der Waals surface area contributed by atoms with Gasteiger partial charge in [0.1, 0.15) is 0 Å². The summed E-state index contributed by atoms with van der Waals surface area (Å²) in [6, 6.07) is 0.810. The van der Waals surface area contributed by atoms with Crippen LogP contribution in [0.2, 0.25) is 0 Å². The van der Waals surface area contributed by atoms with Crippen molar-refractivity contribution in [1.82, 2.24) is 4.98 Å². The number of H-pyrrole nitrogens is 1. The van der Waals surface area contributed by atoms with E-state index in [1.807, 2.05) is 0 Å². The highest BCUT2D eigenvalue weighted by atomic mass is 19.4. The quantitative estimate of drug-likeness (QED) is 0.626. The van der Waals surface area contributed by atoms with Crippen molar-refractivity contribution >= 4 is 0 Å². The van der Waals surface area contributed by atoms with Gasteiger partial charge in [0.2, 0.25) is 5.43 Å². The van der Waals surface area contributed by atoms with Crippen LogP contribution in [0, 0.1) is 0 Å². The molecule has 3 nitrogen and oxygen atoms in total. The molecule has 0 fully saturated rings. The molecular weight excluding hydrogens is 175 g/mol. The fourth-order valence-corrected chi connectivity index (χ4v) is 0.687. The van der Waals surface area contributed by atoms with Gasteiger partial charge in [-0.1, -0.05) is 0 Å². The molecule has 12 heavy (non-hydrogen) atoms. The van der Waals surface area contributed by atoms with Crippen LogP contribution in [0.4, 0.5) is 13.2 Å². The van der Waals surface area contributed by atoms with Gasteiger partial charge in [-0.25, -0.2) is 0 Å². The van der Waals surface area contributed by atoms with Gasteiger partial charge in [-0.05, 0) is 0 Å². The summed E-state index contributed by atoms with van der Waals surface area (Å²) >= 11 is 0. The summed E-state index contributed by atoms with van der Waals surface area (Å²) in [6.07, 6.45) is -3.91. The molecule has 1 aromatic heterocycles. The Morgan fingerprint density at radius 3 is 2.42 bits per heavy atom. The van der Waals surface area contributed by atoms with Gasteiger partial charge < -0.3 is 10.1 Å². The third-order valence-corrected chi connectivity index (χ3v) is 1.22. The smallest absolute Gasteiger partial charge is 0.435 e. The minimum atomic E-state index is -4.73. The van der Waals surface area contributed by atoms with Crippen LogP contribution in [0.3, 0.4) is 0 Å². The molecule has 6 heteroatoms. The molecule has 0 aliphatic carbocycles. The molecule has 1 heterocycles. The number of rotatable bonds is 0. The number of alkyl halides is 3. The number of nitrogens with one attached hydrogen (secondary N) is 1. The predicted octanol–water partition coefficient (Wildman–Crippen LogP) is 1.10. The number of hydrogen-bond donors (Lipinski definition) is 2. The first kappa shape index (κ1) is 8.63. The van der Waals surface area contributed by atoms with Gasteiger partial charge in [0, 0.05) is 12.3 Å². The maximum atomic E-state index is 11.9. The summed E-state index contributed by atoms with van der Waals surface area (Å²) < 4.78 is 35.7. The van der Waals surface area contributed by atoms with Crippen molar-refractivity contribution in [2.75, 3.05) is 0 Å². The van der Waals surface area contributed by atoms with Crippen LogP contribution in [0.25, 0.3) is 0 Å². The number of aromatic nitrogens is 1. The Balaban J connectivity index is 3.36. The normalized spacial score (nSPS) is 11.6. The lowest BCUT2D eigenvalue weighted by atomic mass is 10.3. The zero-order valence-corrected chi connectivity index (χ0v) is 5.64. The van der Waals surface area contributed by atoms with E-state index in [1.165, 1.54) is 0 Å². The van der Waals surface area contributed by atoms with E-state index in [-0.39, 0.29) is 0 Å². The second kappa shape index (κ2) is 2.54. The van der Waals surface area contributed by atoms with Crippen molar-refractivity contribution in [3.05, 3.63) is 28.2 Å². The number of halogens is 3. The molecule has 2 N–H and O–H groups in total. The molecule has 0 atom stereocenters. The molecule has 0 spiro atoms. The molecular formula is C6H4F3NO2. The van der Waals surface area contributed by atoms with Gasteiger partial charge in [-0.2, -0.15) is 13.2 Å². The molecule has 0 aliphatic heterocycles. The zero-order chi connectivity index (χ0) is 9.35. The van der Waals surface area contributed by atoms with Crippen LogP contribution in [0.1, 0.15) is 5.69 Å². The number of aromatic hydroxyl groups is 1. The minimum Gasteiger partial charge on any atom is -0.503 e. The van der Waals surface area contributed by atoms with Crippen molar-refractivity contribution in [1.29, 1.82) is 0 Å². The zero-order valence-electron chi connectivity index (χ0n) is 5.64. The maximum absolute atomic E-state index is 11.9. The Morgan fingerprint density at radius 1 is 1.42 bits per heavy atom. The average Bonchev–Trinajstić information content (AvgIpc) is 1.92. The van der Waals surface area contributed by atoms with Crippen LogP contribution in [-0.4, -0.2) is 10.1 Å². The lowest BCUT2D eigenvalue weighted by Gasteiger charge is -2.06. The number of pyridine rings is 1. The lowest BCUT2D eigenvalue weighted by Crippen LogP contribution is -2.13. The monoisotopic (exact) mass is 179 g/mol. The van der Waals surface area contributed by atoms with Gasteiger partial charge in [0.05, 0.1) is 0 Å². The summed E-state index contributed by atoms with van der Waals surface area (Å²) in [5.41, 5.74) is -2.48. The molecule has 0 bridgehead atoms. The summed E-state index contributed by atoms with van der Waals surface area (Å²) in [7, 11) is 0. The summed E-state index contributed by atoms with van der Waals surface area (Å²) in [5, 5.41) is 8.67. The van der Waals surface area contributed by atoms with Crippen molar-refractivity contribution in [2.24, 2.45) is 0 Å². The van der Waals surface area contributed by atoms with Crippen molar-refractivity contribution < 1.29 is 18.3 Å². The minimum absolute atomic E-state index is 0.810. The molecule has 0 saturated heterocycles. The summed E-state index contributed by atoms with van der Waals surface area (Å²) in [6.45, 7) is 0. The molecule has 66 valence electrons. The Hall–Kier alpha value is -1.46. The van der Waals surface area contributed by atoms with Gasteiger partial charge in [-0.3, -0.25) is 4.79 Å². The molecule has 0 aliphatic rings. The first-order valence-corrected chi connectivity index (χ1v) is 2.91. The molecule has 0 radical (unpaired) electrons. The third-order valence-electron chi connectivity index (χ3n) is 1.22. The van der Waals surface area contributed by atoms with Crippen LogP contribution >= 0.6 is 0 Å². The summed E-state index contributed by atoms with van der Waals surface area (Å²) in [4.78, 5) is 12.3. The van der Waals surface area contributed by atoms with Gasteiger partial charge in [0.15, 0.2) is 11.4 Å². The average molecular weight is 179 g/mol. The van der Waals surface area contributed by atoms with Gasteiger partial charge >= 0.3 is 6.18 Å². The maximum Gasteiger partial charge on any atom is 0.435 e. The first-order valence-electron chi connectivity index (χ1n) is 2.91. The molecule has 0 saturated carbocycles. The molecule has 1 rings (SSSR count). The van der Waals surface area contributed by atoms with E-state index in [0.29, 0.717) is 0 Å². The first-order chi connectivity index (χ1) is 5.43. The van der Waals surface area contributed by atoms with E-state index < -0.39 is 23.0 Å². The second-order valence-electron chi connectivity index (χ2n) is 2.06. The third kappa shape index (κ3) is 1.41. The van der Waals surface area contributed by atoms with E-state index in [9.17, 15) is 18.0 Å². The van der Waals surface area contributed by atoms with E-state index >= 15 is 0 Å². The SMILES string of the molecule is O=c1cc[nH]c(C(F)(F)F)c1O. The Morgan fingerprint density at radius 2 is 2.00 bits per heavy atom. The van der Waals surface area contributed by atoms with Gasteiger partial charge in [-0.15, -0.1) is 0 Å². The Bertz CT molecular complexity index is 341. The van der Waals surface area contributed by atoms with Crippen LogP contribution in [0.15, 0.2) is 17.1 Å². The van der Waals surface area contributed by atoms with E-state index in [4.69, 9.17) is 5.11 Å². The van der Waals surface area contributed by atoms with E-state index in [1.54, 1.807) is 4.98 Å². The Labute approximate surface area is 64.5 Å². The standard InChI is InChI=1S/C6H4F3NO2/c7-6(8,9)5-4(12)3(11)1-2-10-5/h1-2,12H,(H,10,11). The fraction of sp³-hybridized carbons (Fsp3) is 0.167. The molecule has 0 aromatic carbocycles. The van der Waals surface area contributed by atoms with E-state index in [2.05, 4.69) is 0 Å². The van der Waals surface area contributed by atoms with Crippen molar-refractivity contribution in [3.8, 4) is 5.75 Å². The molecule has 1 aromatic rings. The van der Waals surface area contributed by atoms with Crippen LogP contribution in [0.5, 0.6) is 5.75 Å². The fourth-order valence-electron chi connectivity index (χ4n) is 0.687. The molecule has 0 amide bonds. The molecule has 0 unspecified atom stereocenters. The van der Waals surface area contributed by atoms with Crippen LogP contribution < -0.4 is 5.43 Å².